The molecule has 2 heteroatoms. The van der Waals surface area contributed by atoms with Gasteiger partial charge in [0.2, 0.25) is 0 Å². The third-order valence-corrected chi connectivity index (χ3v) is 3.47. The molecule has 0 bridgehead atoms. The van der Waals surface area contributed by atoms with Gasteiger partial charge in [-0.3, -0.25) is 0 Å². The maximum Gasteiger partial charge on any atom is 0.125 e. The lowest BCUT2D eigenvalue weighted by Gasteiger charge is -2.30. The predicted molar refractivity (Wildman–Crippen MR) is 71.4 cm³/mol. The molecule has 2 unspecified atom stereocenters. The minimum absolute atomic E-state index is 0.161. The zero-order valence-corrected chi connectivity index (χ0v) is 11.3. The fourth-order valence-corrected chi connectivity index (χ4v) is 2.62. The van der Waals surface area contributed by atoms with Crippen LogP contribution in [0.2, 0.25) is 0 Å². The lowest BCUT2D eigenvalue weighted by Crippen LogP contribution is -2.42. The van der Waals surface area contributed by atoms with Crippen LogP contribution in [0.5, 0.6) is 5.75 Å². The number of benzene rings is 1. The molecule has 0 spiro atoms. The van der Waals surface area contributed by atoms with Crippen LogP contribution in [0.3, 0.4) is 0 Å². The monoisotopic (exact) mass is 233 g/mol. The molecular formula is C15H23NO. The quantitative estimate of drug-likeness (QED) is 0.856. The van der Waals surface area contributed by atoms with Crippen molar-refractivity contribution in [3.63, 3.8) is 0 Å². The Morgan fingerprint density at radius 3 is 2.76 bits per heavy atom. The summed E-state index contributed by atoms with van der Waals surface area (Å²) in [6.07, 6.45) is 2.42. The van der Waals surface area contributed by atoms with E-state index in [1.807, 2.05) is 6.07 Å². The van der Waals surface area contributed by atoms with Crippen LogP contribution in [0, 0.1) is 0 Å². The molecule has 0 aliphatic carbocycles. The summed E-state index contributed by atoms with van der Waals surface area (Å²) in [6, 6.07) is 9.17. The topological polar surface area (TPSA) is 21.3 Å². The van der Waals surface area contributed by atoms with Crippen LogP contribution in [0.25, 0.3) is 0 Å². The van der Waals surface area contributed by atoms with E-state index in [0.29, 0.717) is 12.1 Å². The van der Waals surface area contributed by atoms with E-state index in [1.165, 1.54) is 18.4 Å². The van der Waals surface area contributed by atoms with Gasteiger partial charge in [0.15, 0.2) is 0 Å². The molecular weight excluding hydrogens is 210 g/mol. The van der Waals surface area contributed by atoms with Gasteiger partial charge in [-0.2, -0.15) is 0 Å². The van der Waals surface area contributed by atoms with Gasteiger partial charge in [0, 0.05) is 11.6 Å². The molecule has 1 aliphatic rings. The predicted octanol–water partition coefficient (Wildman–Crippen LogP) is 3.68. The van der Waals surface area contributed by atoms with E-state index in [0.717, 1.165) is 5.75 Å². The molecule has 0 saturated heterocycles. The summed E-state index contributed by atoms with van der Waals surface area (Å²) in [7, 11) is 0. The van der Waals surface area contributed by atoms with Crippen molar-refractivity contribution >= 4 is 0 Å². The minimum atomic E-state index is -0.161. The van der Waals surface area contributed by atoms with Gasteiger partial charge in [0.25, 0.3) is 0 Å². The summed E-state index contributed by atoms with van der Waals surface area (Å²) in [5, 5.41) is 3.70. The molecule has 2 nitrogen and oxygen atoms in total. The summed E-state index contributed by atoms with van der Waals surface area (Å²) < 4.78 is 6.02. The molecule has 1 N–H and O–H groups in total. The van der Waals surface area contributed by atoms with Crippen molar-refractivity contribution in [1.29, 1.82) is 0 Å². The van der Waals surface area contributed by atoms with Crippen LogP contribution < -0.4 is 10.1 Å². The highest BCUT2D eigenvalue weighted by atomic mass is 16.5. The maximum absolute atomic E-state index is 6.02. The lowest BCUT2D eigenvalue weighted by molar-refractivity contribution is 0.0913. The SMILES string of the molecule is CCCC(C)NC1c2ccccc2OC1(C)C. The zero-order valence-electron chi connectivity index (χ0n) is 11.3. The number of hydrogen-bond acceptors (Lipinski definition) is 2. The van der Waals surface area contributed by atoms with Crippen molar-refractivity contribution in [2.24, 2.45) is 0 Å². The first-order valence-electron chi connectivity index (χ1n) is 6.58. The van der Waals surface area contributed by atoms with Crippen molar-refractivity contribution in [3.05, 3.63) is 29.8 Å². The van der Waals surface area contributed by atoms with Crippen molar-refractivity contribution in [3.8, 4) is 5.75 Å². The number of ether oxygens (including phenoxy) is 1. The molecule has 0 radical (unpaired) electrons. The van der Waals surface area contributed by atoms with Crippen molar-refractivity contribution in [2.45, 2.75) is 58.2 Å². The molecule has 94 valence electrons. The van der Waals surface area contributed by atoms with Gasteiger partial charge < -0.3 is 10.1 Å². The Kier molecular flexibility index (Phi) is 3.43. The second-order valence-corrected chi connectivity index (χ2v) is 5.53. The highest BCUT2D eigenvalue weighted by Crippen LogP contribution is 2.42. The third kappa shape index (κ3) is 2.47. The fourth-order valence-electron chi connectivity index (χ4n) is 2.62. The van der Waals surface area contributed by atoms with Gasteiger partial charge in [-0.1, -0.05) is 31.5 Å². The minimum Gasteiger partial charge on any atom is -0.486 e. The number of fused-ring (bicyclic) bond motifs is 1. The van der Waals surface area contributed by atoms with Crippen LogP contribution in [0.4, 0.5) is 0 Å². The first kappa shape index (κ1) is 12.4. The Morgan fingerprint density at radius 2 is 2.06 bits per heavy atom. The van der Waals surface area contributed by atoms with Crippen LogP contribution in [0.1, 0.15) is 52.1 Å². The van der Waals surface area contributed by atoms with E-state index < -0.39 is 0 Å². The Labute approximate surface area is 104 Å². The Balaban J connectivity index is 2.19. The van der Waals surface area contributed by atoms with Crippen LogP contribution in [-0.4, -0.2) is 11.6 Å². The molecule has 1 heterocycles. The summed E-state index contributed by atoms with van der Waals surface area (Å²) in [5.41, 5.74) is 1.13. The van der Waals surface area contributed by atoms with Gasteiger partial charge >= 0.3 is 0 Å². The smallest absolute Gasteiger partial charge is 0.125 e. The molecule has 1 aromatic carbocycles. The molecule has 17 heavy (non-hydrogen) atoms. The Morgan fingerprint density at radius 1 is 1.35 bits per heavy atom. The first-order chi connectivity index (χ1) is 8.04. The molecule has 0 fully saturated rings. The zero-order chi connectivity index (χ0) is 12.5. The molecule has 2 atom stereocenters. The van der Waals surface area contributed by atoms with Crippen LogP contribution >= 0.6 is 0 Å². The molecule has 1 aromatic rings. The highest BCUT2D eigenvalue weighted by Gasteiger charge is 2.41. The lowest BCUT2D eigenvalue weighted by atomic mass is 9.93. The normalized spacial score (nSPS) is 22.9. The summed E-state index contributed by atoms with van der Waals surface area (Å²) in [5.74, 6) is 1.03. The molecule has 0 amide bonds. The van der Waals surface area contributed by atoms with Crippen molar-refractivity contribution in [1.82, 2.24) is 5.32 Å². The average molecular weight is 233 g/mol. The van der Waals surface area contributed by atoms with Gasteiger partial charge in [-0.25, -0.2) is 0 Å². The van der Waals surface area contributed by atoms with Gasteiger partial charge in [0.05, 0.1) is 6.04 Å². The summed E-state index contributed by atoms with van der Waals surface area (Å²) >= 11 is 0. The van der Waals surface area contributed by atoms with E-state index in [-0.39, 0.29) is 5.60 Å². The second kappa shape index (κ2) is 4.69. The van der Waals surface area contributed by atoms with E-state index in [1.54, 1.807) is 0 Å². The van der Waals surface area contributed by atoms with Gasteiger partial charge in [-0.15, -0.1) is 0 Å². The van der Waals surface area contributed by atoms with E-state index in [9.17, 15) is 0 Å². The largest absolute Gasteiger partial charge is 0.486 e. The van der Waals surface area contributed by atoms with Gasteiger partial charge in [-0.05, 0) is 33.3 Å². The number of para-hydroxylation sites is 1. The van der Waals surface area contributed by atoms with Crippen molar-refractivity contribution < 1.29 is 4.74 Å². The fraction of sp³-hybridized carbons (Fsp3) is 0.600. The van der Waals surface area contributed by atoms with Crippen LogP contribution in [-0.2, 0) is 0 Å². The van der Waals surface area contributed by atoms with E-state index in [4.69, 9.17) is 4.74 Å². The highest BCUT2D eigenvalue weighted by molar-refractivity contribution is 5.42. The summed E-state index contributed by atoms with van der Waals surface area (Å²) in [6.45, 7) is 8.79. The third-order valence-electron chi connectivity index (χ3n) is 3.47. The number of nitrogens with one attached hydrogen (secondary N) is 1. The number of rotatable bonds is 4. The Bertz CT molecular complexity index is 386. The standard InChI is InChI=1S/C15H23NO/c1-5-8-11(2)16-14-12-9-6-7-10-13(12)17-15(14,3)4/h6-7,9-11,14,16H,5,8H2,1-4H3. The van der Waals surface area contributed by atoms with E-state index >= 15 is 0 Å². The van der Waals surface area contributed by atoms with Crippen molar-refractivity contribution in [2.75, 3.05) is 0 Å². The molecule has 2 rings (SSSR count). The Hall–Kier alpha value is -1.02. The summed E-state index contributed by atoms with van der Waals surface area (Å²) in [4.78, 5) is 0. The molecule has 1 aliphatic heterocycles. The second-order valence-electron chi connectivity index (χ2n) is 5.53. The number of hydrogen-bond donors (Lipinski definition) is 1. The van der Waals surface area contributed by atoms with Crippen LogP contribution in [0.15, 0.2) is 24.3 Å². The van der Waals surface area contributed by atoms with Gasteiger partial charge in [0.1, 0.15) is 11.4 Å². The molecule has 0 aromatic heterocycles. The molecule has 0 saturated carbocycles. The average Bonchev–Trinajstić information content (AvgIpc) is 2.51. The first-order valence-corrected chi connectivity index (χ1v) is 6.58. The van der Waals surface area contributed by atoms with E-state index in [2.05, 4.69) is 51.2 Å². The maximum atomic E-state index is 6.02.